The fourth-order valence-electron chi connectivity index (χ4n) is 1.41. The molecule has 0 fully saturated rings. The van der Waals surface area contributed by atoms with Gasteiger partial charge < -0.3 is 5.32 Å². The molecular weight excluding hydrogens is 212 g/mol. The van der Waals surface area contributed by atoms with E-state index in [0.29, 0.717) is 0 Å². The van der Waals surface area contributed by atoms with E-state index in [-0.39, 0.29) is 11.5 Å². The average molecular weight is 225 g/mol. The van der Waals surface area contributed by atoms with Crippen LogP contribution in [-0.2, 0) is 4.79 Å². The number of hydrogen-bond donors (Lipinski definition) is 1. The van der Waals surface area contributed by atoms with Crippen LogP contribution >= 0.6 is 0 Å². The molecule has 0 aliphatic carbocycles. The van der Waals surface area contributed by atoms with Crippen LogP contribution in [-0.4, -0.2) is 5.91 Å². The SMILES string of the molecule is CC=CC(=O)NC(C)c1c(F)cccc1F. The van der Waals surface area contributed by atoms with Crippen molar-refractivity contribution in [2.45, 2.75) is 19.9 Å². The van der Waals surface area contributed by atoms with Crippen molar-refractivity contribution < 1.29 is 13.6 Å². The van der Waals surface area contributed by atoms with Crippen molar-refractivity contribution >= 4 is 5.91 Å². The van der Waals surface area contributed by atoms with Gasteiger partial charge in [0.25, 0.3) is 0 Å². The summed E-state index contributed by atoms with van der Waals surface area (Å²) in [5, 5.41) is 2.47. The molecule has 0 aliphatic rings. The van der Waals surface area contributed by atoms with Gasteiger partial charge in [0.2, 0.25) is 5.91 Å². The van der Waals surface area contributed by atoms with Gasteiger partial charge in [-0.05, 0) is 32.1 Å². The second kappa shape index (κ2) is 5.39. The fraction of sp³-hybridized carbons (Fsp3) is 0.250. The summed E-state index contributed by atoms with van der Waals surface area (Å²) in [4.78, 5) is 11.2. The van der Waals surface area contributed by atoms with E-state index in [1.165, 1.54) is 19.1 Å². The molecule has 1 amide bonds. The number of halogens is 2. The summed E-state index contributed by atoms with van der Waals surface area (Å²) in [7, 11) is 0. The normalized spacial score (nSPS) is 12.8. The third kappa shape index (κ3) is 2.89. The van der Waals surface area contributed by atoms with Crippen LogP contribution in [0.1, 0.15) is 25.5 Å². The number of benzene rings is 1. The fourth-order valence-corrected chi connectivity index (χ4v) is 1.41. The van der Waals surface area contributed by atoms with Gasteiger partial charge in [0, 0.05) is 5.56 Å². The largest absolute Gasteiger partial charge is 0.346 e. The van der Waals surface area contributed by atoms with E-state index in [4.69, 9.17) is 0 Å². The Kier molecular flexibility index (Phi) is 4.17. The minimum atomic E-state index is -0.704. The van der Waals surface area contributed by atoms with Crippen LogP contribution < -0.4 is 5.32 Å². The molecule has 1 aromatic carbocycles. The molecule has 2 nitrogen and oxygen atoms in total. The molecule has 1 atom stereocenters. The highest BCUT2D eigenvalue weighted by molar-refractivity contribution is 5.87. The monoisotopic (exact) mass is 225 g/mol. The Morgan fingerprint density at radius 3 is 2.44 bits per heavy atom. The van der Waals surface area contributed by atoms with Crippen molar-refractivity contribution in [3.63, 3.8) is 0 Å². The molecule has 1 unspecified atom stereocenters. The molecular formula is C12H13F2NO. The Morgan fingerprint density at radius 1 is 1.38 bits per heavy atom. The molecule has 0 heterocycles. The first-order valence-electron chi connectivity index (χ1n) is 4.93. The lowest BCUT2D eigenvalue weighted by molar-refractivity contribution is -0.117. The lowest BCUT2D eigenvalue weighted by Crippen LogP contribution is -2.26. The highest BCUT2D eigenvalue weighted by atomic mass is 19.1. The molecule has 4 heteroatoms. The van der Waals surface area contributed by atoms with E-state index < -0.39 is 17.7 Å². The lowest BCUT2D eigenvalue weighted by atomic mass is 10.1. The zero-order valence-electron chi connectivity index (χ0n) is 9.13. The number of nitrogens with one attached hydrogen (secondary N) is 1. The van der Waals surface area contributed by atoms with E-state index in [1.807, 2.05) is 0 Å². The van der Waals surface area contributed by atoms with E-state index in [9.17, 15) is 13.6 Å². The van der Waals surface area contributed by atoms with Gasteiger partial charge in [0.15, 0.2) is 0 Å². The van der Waals surface area contributed by atoms with Crippen LogP contribution in [0.2, 0.25) is 0 Å². The first kappa shape index (κ1) is 12.4. The highest BCUT2D eigenvalue weighted by Crippen LogP contribution is 2.19. The predicted octanol–water partition coefficient (Wildman–Crippen LogP) is 2.72. The third-order valence-electron chi connectivity index (χ3n) is 2.11. The Hall–Kier alpha value is -1.71. The molecule has 16 heavy (non-hydrogen) atoms. The quantitative estimate of drug-likeness (QED) is 0.787. The van der Waals surface area contributed by atoms with E-state index >= 15 is 0 Å². The van der Waals surface area contributed by atoms with Crippen molar-refractivity contribution in [1.29, 1.82) is 0 Å². The summed E-state index contributed by atoms with van der Waals surface area (Å²) in [5.74, 6) is -1.70. The molecule has 0 aromatic heterocycles. The van der Waals surface area contributed by atoms with Crippen molar-refractivity contribution in [1.82, 2.24) is 5.32 Å². The third-order valence-corrected chi connectivity index (χ3v) is 2.11. The molecule has 0 spiro atoms. The van der Waals surface area contributed by atoms with Gasteiger partial charge >= 0.3 is 0 Å². The Labute approximate surface area is 93.0 Å². The number of carbonyl (C=O) groups excluding carboxylic acids is 1. The number of carbonyl (C=O) groups is 1. The van der Waals surface area contributed by atoms with Crippen LogP contribution in [0.15, 0.2) is 30.4 Å². The molecule has 0 radical (unpaired) electrons. The van der Waals surface area contributed by atoms with Gasteiger partial charge in [-0.1, -0.05) is 12.1 Å². The summed E-state index contributed by atoms with van der Waals surface area (Å²) in [6.45, 7) is 3.22. The molecule has 0 bridgehead atoms. The highest BCUT2D eigenvalue weighted by Gasteiger charge is 2.16. The van der Waals surface area contributed by atoms with Crippen molar-refractivity contribution in [3.05, 3.63) is 47.5 Å². The van der Waals surface area contributed by atoms with E-state index in [1.54, 1.807) is 13.0 Å². The molecule has 86 valence electrons. The van der Waals surface area contributed by atoms with Gasteiger partial charge in [0.05, 0.1) is 6.04 Å². The second-order valence-electron chi connectivity index (χ2n) is 3.37. The van der Waals surface area contributed by atoms with Gasteiger partial charge in [0.1, 0.15) is 11.6 Å². The van der Waals surface area contributed by atoms with Crippen molar-refractivity contribution in [3.8, 4) is 0 Å². The van der Waals surface area contributed by atoms with E-state index in [0.717, 1.165) is 12.1 Å². The number of rotatable bonds is 3. The van der Waals surface area contributed by atoms with Gasteiger partial charge in [-0.25, -0.2) is 8.78 Å². The minimum absolute atomic E-state index is 0.125. The molecule has 1 rings (SSSR count). The Bertz CT molecular complexity index is 395. The van der Waals surface area contributed by atoms with Crippen LogP contribution in [0, 0.1) is 11.6 Å². The van der Waals surface area contributed by atoms with Crippen LogP contribution in [0.5, 0.6) is 0 Å². The summed E-state index contributed by atoms with van der Waals surface area (Å²) in [6.07, 6.45) is 2.86. The maximum absolute atomic E-state index is 13.3. The topological polar surface area (TPSA) is 29.1 Å². The van der Waals surface area contributed by atoms with Gasteiger partial charge in [-0.3, -0.25) is 4.79 Å². The van der Waals surface area contributed by atoms with E-state index in [2.05, 4.69) is 5.32 Å². The summed E-state index contributed by atoms with van der Waals surface area (Å²) < 4.78 is 26.7. The van der Waals surface area contributed by atoms with Crippen LogP contribution in [0.25, 0.3) is 0 Å². The van der Waals surface area contributed by atoms with Crippen LogP contribution in [0.4, 0.5) is 8.78 Å². The lowest BCUT2D eigenvalue weighted by Gasteiger charge is -2.14. The summed E-state index contributed by atoms with van der Waals surface area (Å²) >= 11 is 0. The summed E-state index contributed by atoms with van der Waals surface area (Å²) in [6, 6.07) is 2.91. The smallest absolute Gasteiger partial charge is 0.244 e. The zero-order chi connectivity index (χ0) is 12.1. The molecule has 1 aromatic rings. The number of hydrogen-bond acceptors (Lipinski definition) is 1. The molecule has 0 aliphatic heterocycles. The van der Waals surface area contributed by atoms with Gasteiger partial charge in [-0.2, -0.15) is 0 Å². The molecule has 0 saturated carbocycles. The predicted molar refractivity (Wildman–Crippen MR) is 57.7 cm³/mol. The second-order valence-corrected chi connectivity index (χ2v) is 3.37. The maximum atomic E-state index is 13.3. The summed E-state index contributed by atoms with van der Waals surface area (Å²) in [5.41, 5.74) is -0.125. The number of allylic oxidation sites excluding steroid dienone is 1. The standard InChI is InChI=1S/C12H13F2NO/c1-3-5-11(16)15-8(2)12-9(13)6-4-7-10(12)14/h3-8H,1-2H3,(H,15,16). The van der Waals surface area contributed by atoms with Crippen molar-refractivity contribution in [2.24, 2.45) is 0 Å². The Balaban J connectivity index is 2.88. The number of amides is 1. The van der Waals surface area contributed by atoms with Gasteiger partial charge in [-0.15, -0.1) is 0 Å². The first-order valence-corrected chi connectivity index (χ1v) is 4.93. The minimum Gasteiger partial charge on any atom is -0.346 e. The average Bonchev–Trinajstić information content (AvgIpc) is 2.17. The molecule has 0 saturated heterocycles. The molecule has 1 N–H and O–H groups in total. The Morgan fingerprint density at radius 2 is 1.94 bits per heavy atom. The zero-order valence-corrected chi connectivity index (χ0v) is 9.13. The van der Waals surface area contributed by atoms with Crippen molar-refractivity contribution in [2.75, 3.05) is 0 Å². The van der Waals surface area contributed by atoms with Crippen LogP contribution in [0.3, 0.4) is 0 Å². The maximum Gasteiger partial charge on any atom is 0.244 e. The first-order chi connectivity index (χ1) is 7.56.